The lowest BCUT2D eigenvalue weighted by Crippen LogP contribution is -1.96. The molecular formula is C6H11O6P. The maximum Gasteiger partial charge on any atom is 0.524 e. The Hall–Kier alpha value is -0.840. The Labute approximate surface area is 75.1 Å². The summed E-state index contributed by atoms with van der Waals surface area (Å²) in [6, 6.07) is 0. The van der Waals surface area contributed by atoms with Crippen LogP contribution in [0.4, 0.5) is 0 Å². The lowest BCUT2D eigenvalue weighted by Gasteiger charge is -2.08. The van der Waals surface area contributed by atoms with Gasteiger partial charge in [-0.2, -0.15) is 0 Å². The van der Waals surface area contributed by atoms with Crippen molar-refractivity contribution in [3.63, 3.8) is 0 Å². The fraction of sp³-hybridized carbons (Fsp3) is 0.500. The van der Waals surface area contributed by atoms with Crippen LogP contribution in [0.2, 0.25) is 0 Å². The van der Waals surface area contributed by atoms with Gasteiger partial charge >= 0.3 is 13.8 Å². The van der Waals surface area contributed by atoms with Crippen LogP contribution >= 0.6 is 7.82 Å². The SMILES string of the molecule is CCCC(=CC(=O)O)OP(=O)(O)O. The van der Waals surface area contributed by atoms with E-state index in [9.17, 15) is 9.36 Å². The van der Waals surface area contributed by atoms with Crippen molar-refractivity contribution < 1.29 is 28.8 Å². The zero-order valence-corrected chi connectivity index (χ0v) is 7.90. The highest BCUT2D eigenvalue weighted by Crippen LogP contribution is 2.39. The summed E-state index contributed by atoms with van der Waals surface area (Å²) in [5.74, 6) is -1.51. The van der Waals surface area contributed by atoms with Crippen molar-refractivity contribution in [1.82, 2.24) is 0 Å². The Morgan fingerprint density at radius 1 is 1.54 bits per heavy atom. The second-order valence-corrected chi connectivity index (χ2v) is 3.44. The highest BCUT2D eigenvalue weighted by atomic mass is 31.2. The lowest BCUT2D eigenvalue weighted by molar-refractivity contribution is -0.131. The molecule has 0 amide bonds. The minimum Gasteiger partial charge on any atom is -0.478 e. The molecule has 0 saturated heterocycles. The van der Waals surface area contributed by atoms with Gasteiger partial charge in [0.2, 0.25) is 0 Å². The second kappa shape index (κ2) is 5.01. The molecule has 0 aromatic heterocycles. The van der Waals surface area contributed by atoms with Crippen LogP contribution in [0.15, 0.2) is 11.8 Å². The molecule has 0 atom stereocenters. The summed E-state index contributed by atoms with van der Waals surface area (Å²) in [6.07, 6.45) is 1.36. The number of aliphatic carboxylic acids is 1. The topological polar surface area (TPSA) is 104 Å². The molecule has 0 rings (SSSR count). The van der Waals surface area contributed by atoms with Gasteiger partial charge < -0.3 is 9.63 Å². The normalized spacial score (nSPS) is 12.7. The number of phosphoric ester groups is 1. The van der Waals surface area contributed by atoms with Crippen molar-refractivity contribution in [1.29, 1.82) is 0 Å². The lowest BCUT2D eigenvalue weighted by atomic mass is 10.3. The van der Waals surface area contributed by atoms with Crippen molar-refractivity contribution in [3.05, 3.63) is 11.8 Å². The van der Waals surface area contributed by atoms with Gasteiger partial charge in [-0.3, -0.25) is 9.79 Å². The molecule has 13 heavy (non-hydrogen) atoms. The molecule has 0 fully saturated rings. The first-order valence-electron chi connectivity index (χ1n) is 3.54. The maximum atomic E-state index is 10.3. The first-order valence-corrected chi connectivity index (χ1v) is 5.07. The number of carboxylic acids is 1. The van der Waals surface area contributed by atoms with E-state index in [2.05, 4.69) is 4.52 Å². The van der Waals surface area contributed by atoms with E-state index in [1.165, 1.54) is 0 Å². The zero-order chi connectivity index (χ0) is 10.5. The van der Waals surface area contributed by atoms with Crippen molar-refractivity contribution in [3.8, 4) is 0 Å². The zero-order valence-electron chi connectivity index (χ0n) is 7.01. The van der Waals surface area contributed by atoms with Crippen LogP contribution in [-0.4, -0.2) is 20.9 Å². The molecule has 0 aromatic carbocycles. The number of carboxylic acid groups (broad SMARTS) is 1. The Balaban J connectivity index is 4.44. The van der Waals surface area contributed by atoms with E-state index < -0.39 is 13.8 Å². The molecule has 6 nitrogen and oxygen atoms in total. The molecule has 76 valence electrons. The Morgan fingerprint density at radius 2 is 2.08 bits per heavy atom. The molecule has 0 unspecified atom stereocenters. The summed E-state index contributed by atoms with van der Waals surface area (Å²) >= 11 is 0. The molecule has 0 aliphatic rings. The third-order valence-electron chi connectivity index (χ3n) is 1.02. The predicted octanol–water partition coefficient (Wildman–Crippen LogP) is 0.864. The predicted molar refractivity (Wildman–Crippen MR) is 43.8 cm³/mol. The Bertz CT molecular complexity index is 252. The van der Waals surface area contributed by atoms with E-state index in [0.717, 1.165) is 0 Å². The van der Waals surface area contributed by atoms with Crippen molar-refractivity contribution in [2.75, 3.05) is 0 Å². The number of allylic oxidation sites excluding steroid dienone is 1. The molecule has 0 saturated carbocycles. The van der Waals surface area contributed by atoms with Crippen molar-refractivity contribution in [2.24, 2.45) is 0 Å². The fourth-order valence-electron chi connectivity index (χ4n) is 0.681. The summed E-state index contributed by atoms with van der Waals surface area (Å²) in [5, 5.41) is 8.30. The fourth-order valence-corrected chi connectivity index (χ4v) is 1.13. The molecule has 0 heterocycles. The Morgan fingerprint density at radius 3 is 2.38 bits per heavy atom. The number of rotatable bonds is 5. The van der Waals surface area contributed by atoms with Gasteiger partial charge in [-0.1, -0.05) is 6.92 Å². The minimum atomic E-state index is -4.64. The highest BCUT2D eigenvalue weighted by molar-refractivity contribution is 7.46. The summed E-state index contributed by atoms with van der Waals surface area (Å²) < 4.78 is 14.5. The summed E-state index contributed by atoms with van der Waals surface area (Å²) in [4.78, 5) is 26.9. The molecule has 0 bridgehead atoms. The smallest absolute Gasteiger partial charge is 0.478 e. The van der Waals surface area contributed by atoms with E-state index >= 15 is 0 Å². The molecule has 0 spiro atoms. The van der Waals surface area contributed by atoms with Crippen LogP contribution in [0, 0.1) is 0 Å². The minimum absolute atomic E-state index is 0.178. The largest absolute Gasteiger partial charge is 0.524 e. The molecule has 0 aromatic rings. The summed E-state index contributed by atoms with van der Waals surface area (Å²) in [7, 11) is -4.64. The average Bonchev–Trinajstić information content (AvgIpc) is 1.81. The van der Waals surface area contributed by atoms with Gasteiger partial charge in [0.15, 0.2) is 0 Å². The Kier molecular flexibility index (Phi) is 4.69. The van der Waals surface area contributed by atoms with Gasteiger partial charge in [0.05, 0.1) is 6.08 Å². The van der Waals surface area contributed by atoms with E-state index in [1.54, 1.807) is 6.92 Å². The number of hydrogen-bond donors (Lipinski definition) is 3. The second-order valence-electron chi connectivity index (χ2n) is 2.28. The first kappa shape index (κ1) is 12.2. The molecule has 0 radical (unpaired) electrons. The molecule has 0 aliphatic heterocycles. The van der Waals surface area contributed by atoms with Crippen molar-refractivity contribution >= 4 is 13.8 Å². The van der Waals surface area contributed by atoms with Crippen LogP contribution in [0.3, 0.4) is 0 Å². The molecule has 7 heteroatoms. The van der Waals surface area contributed by atoms with Gasteiger partial charge in [-0.15, -0.1) is 0 Å². The van der Waals surface area contributed by atoms with E-state index in [1.807, 2.05) is 0 Å². The van der Waals surface area contributed by atoms with Crippen molar-refractivity contribution in [2.45, 2.75) is 19.8 Å². The number of hydrogen-bond acceptors (Lipinski definition) is 3. The monoisotopic (exact) mass is 210 g/mol. The third-order valence-corrected chi connectivity index (χ3v) is 1.49. The third kappa shape index (κ3) is 7.52. The summed E-state index contributed by atoms with van der Waals surface area (Å²) in [5.41, 5.74) is 0. The van der Waals surface area contributed by atoms with Crippen LogP contribution in [0.25, 0.3) is 0 Å². The quantitative estimate of drug-likeness (QED) is 0.353. The van der Waals surface area contributed by atoms with E-state index in [0.29, 0.717) is 12.5 Å². The van der Waals surface area contributed by atoms with Crippen LogP contribution < -0.4 is 0 Å². The van der Waals surface area contributed by atoms with Crippen LogP contribution in [-0.2, 0) is 13.9 Å². The number of carbonyl (C=O) groups is 1. The van der Waals surface area contributed by atoms with Gasteiger partial charge in [0, 0.05) is 6.42 Å². The number of phosphoric acid groups is 1. The average molecular weight is 210 g/mol. The van der Waals surface area contributed by atoms with Crippen LogP contribution in [0.5, 0.6) is 0 Å². The highest BCUT2D eigenvalue weighted by Gasteiger charge is 2.17. The van der Waals surface area contributed by atoms with Gasteiger partial charge in [0.25, 0.3) is 0 Å². The standard InChI is InChI=1S/C6H11O6P/c1-2-3-5(4-6(7)8)12-13(9,10)11/h4H,2-3H2,1H3,(H,7,8)(H2,9,10,11). The van der Waals surface area contributed by atoms with E-state index in [-0.39, 0.29) is 12.2 Å². The molecule has 3 N–H and O–H groups in total. The first-order chi connectivity index (χ1) is 5.85. The molecular weight excluding hydrogens is 199 g/mol. The van der Waals surface area contributed by atoms with Gasteiger partial charge in [-0.25, -0.2) is 9.36 Å². The van der Waals surface area contributed by atoms with E-state index in [4.69, 9.17) is 14.9 Å². The van der Waals surface area contributed by atoms with Crippen LogP contribution in [0.1, 0.15) is 19.8 Å². The van der Waals surface area contributed by atoms with Gasteiger partial charge in [0.1, 0.15) is 5.76 Å². The maximum absolute atomic E-state index is 10.3. The van der Waals surface area contributed by atoms with Gasteiger partial charge in [-0.05, 0) is 6.42 Å². The summed E-state index contributed by atoms with van der Waals surface area (Å²) in [6.45, 7) is 1.73. The molecule has 0 aliphatic carbocycles.